The summed E-state index contributed by atoms with van der Waals surface area (Å²) >= 11 is 0. The molecule has 1 saturated heterocycles. The highest BCUT2D eigenvalue weighted by atomic mass is 16.5. The Kier molecular flexibility index (Phi) is 6.23. The second-order valence-electron chi connectivity index (χ2n) is 7.55. The summed E-state index contributed by atoms with van der Waals surface area (Å²) < 4.78 is 10.8. The van der Waals surface area contributed by atoms with Crippen molar-refractivity contribution < 1.29 is 24.2 Å². The van der Waals surface area contributed by atoms with Crippen LogP contribution in [0.25, 0.3) is 16.5 Å². The Morgan fingerprint density at radius 2 is 1.78 bits per heavy atom. The van der Waals surface area contributed by atoms with Crippen LogP contribution in [0.15, 0.2) is 72.3 Å². The van der Waals surface area contributed by atoms with Crippen LogP contribution in [-0.2, 0) is 14.3 Å². The zero-order valence-electron chi connectivity index (χ0n) is 18.1. The Hall–Kier alpha value is -3.64. The van der Waals surface area contributed by atoms with Crippen molar-refractivity contribution in [1.29, 1.82) is 0 Å². The van der Waals surface area contributed by atoms with Gasteiger partial charge in [-0.1, -0.05) is 48.5 Å². The van der Waals surface area contributed by atoms with Crippen LogP contribution >= 0.6 is 0 Å². The van der Waals surface area contributed by atoms with E-state index in [1.165, 1.54) is 12.0 Å². The summed E-state index contributed by atoms with van der Waals surface area (Å²) in [5.41, 5.74) is 1.24. The van der Waals surface area contributed by atoms with E-state index in [1.807, 2.05) is 61.5 Å². The van der Waals surface area contributed by atoms with E-state index in [-0.39, 0.29) is 24.5 Å². The number of nitrogens with zero attached hydrogens (tertiary/aromatic N) is 1. The van der Waals surface area contributed by atoms with Crippen molar-refractivity contribution in [3.63, 3.8) is 0 Å². The quantitative estimate of drug-likeness (QED) is 0.343. The van der Waals surface area contributed by atoms with Crippen molar-refractivity contribution in [2.75, 3.05) is 26.9 Å². The molecule has 0 bridgehead atoms. The van der Waals surface area contributed by atoms with E-state index in [1.54, 1.807) is 12.1 Å². The second kappa shape index (κ2) is 9.24. The maximum absolute atomic E-state index is 13.1. The normalized spacial score (nSPS) is 17.8. The highest BCUT2D eigenvalue weighted by Gasteiger charge is 2.46. The van der Waals surface area contributed by atoms with Gasteiger partial charge in [0.1, 0.15) is 11.5 Å². The third kappa shape index (κ3) is 3.97. The minimum Gasteiger partial charge on any atom is -0.507 e. The molecule has 0 spiro atoms. The summed E-state index contributed by atoms with van der Waals surface area (Å²) in [4.78, 5) is 27.4. The van der Waals surface area contributed by atoms with E-state index < -0.39 is 17.7 Å². The Labute approximate surface area is 186 Å². The molecule has 1 aliphatic rings. The van der Waals surface area contributed by atoms with Crippen LogP contribution < -0.4 is 4.74 Å². The highest BCUT2D eigenvalue weighted by Crippen LogP contribution is 2.40. The average molecular weight is 431 g/mol. The van der Waals surface area contributed by atoms with Crippen LogP contribution in [0.2, 0.25) is 0 Å². The molecule has 32 heavy (non-hydrogen) atoms. The Bertz CT molecular complexity index is 1200. The van der Waals surface area contributed by atoms with Crippen molar-refractivity contribution in [2.24, 2.45) is 0 Å². The molecule has 1 N–H and O–H groups in total. The molecular weight excluding hydrogens is 406 g/mol. The second-order valence-corrected chi connectivity index (χ2v) is 7.55. The number of Topliss-reactive ketones (excluding diaryl/α,β-unsaturated/α-hetero) is 1. The lowest BCUT2D eigenvalue weighted by Crippen LogP contribution is -2.32. The average Bonchev–Trinajstić information content (AvgIpc) is 3.07. The molecule has 1 unspecified atom stereocenters. The maximum atomic E-state index is 13.1. The molecule has 3 aromatic carbocycles. The number of aliphatic hydroxyl groups excluding tert-OH is 1. The van der Waals surface area contributed by atoms with Crippen LogP contribution in [0.5, 0.6) is 5.75 Å². The lowest BCUT2D eigenvalue weighted by atomic mass is 9.94. The molecule has 1 aliphatic heterocycles. The Morgan fingerprint density at radius 1 is 1.00 bits per heavy atom. The lowest BCUT2D eigenvalue weighted by molar-refractivity contribution is -0.140. The van der Waals surface area contributed by atoms with Gasteiger partial charge in [-0.2, -0.15) is 0 Å². The number of carbonyl (C=O) groups excluding carboxylic acids is 2. The summed E-state index contributed by atoms with van der Waals surface area (Å²) in [5.74, 6) is -0.927. The first-order chi connectivity index (χ1) is 15.5. The molecule has 1 heterocycles. The van der Waals surface area contributed by atoms with Gasteiger partial charge in [-0.05, 0) is 41.5 Å². The first-order valence-corrected chi connectivity index (χ1v) is 10.5. The van der Waals surface area contributed by atoms with Gasteiger partial charge in [0.05, 0.1) is 24.8 Å². The summed E-state index contributed by atoms with van der Waals surface area (Å²) in [5, 5.41) is 13.2. The van der Waals surface area contributed by atoms with Gasteiger partial charge >= 0.3 is 0 Å². The van der Waals surface area contributed by atoms with Crippen molar-refractivity contribution in [2.45, 2.75) is 13.0 Å². The molecule has 3 aromatic rings. The number of rotatable bonds is 7. The Balaban J connectivity index is 1.87. The van der Waals surface area contributed by atoms with Crippen molar-refractivity contribution in [3.8, 4) is 5.75 Å². The number of ketones is 1. The van der Waals surface area contributed by atoms with Crippen LogP contribution in [0, 0.1) is 0 Å². The summed E-state index contributed by atoms with van der Waals surface area (Å²) in [6.07, 6.45) is 0. The molecule has 1 fully saturated rings. The minimum atomic E-state index is -0.739. The van der Waals surface area contributed by atoms with Gasteiger partial charge in [0.2, 0.25) is 0 Å². The molecular formula is C26H25NO5. The third-order valence-corrected chi connectivity index (χ3v) is 5.58. The van der Waals surface area contributed by atoms with Gasteiger partial charge in [0, 0.05) is 19.2 Å². The predicted octanol–water partition coefficient (Wildman–Crippen LogP) is 4.31. The molecule has 0 saturated carbocycles. The van der Waals surface area contributed by atoms with Crippen LogP contribution in [0.4, 0.5) is 0 Å². The standard InChI is InChI=1S/C26H25NO5/c1-3-32-21-10-6-9-19(16-21)23-22(25(29)26(30)27(23)13-14-31-2)24(28)20-12-11-17-7-4-5-8-18(17)15-20/h4-12,15-16,23,28H,3,13-14H2,1-2H3/b24-22-. The van der Waals surface area contributed by atoms with E-state index in [9.17, 15) is 14.7 Å². The molecule has 6 heteroatoms. The first-order valence-electron chi connectivity index (χ1n) is 10.5. The monoisotopic (exact) mass is 431 g/mol. The molecule has 4 rings (SSSR count). The fourth-order valence-electron chi connectivity index (χ4n) is 4.08. The minimum absolute atomic E-state index is 0.0648. The predicted molar refractivity (Wildman–Crippen MR) is 122 cm³/mol. The molecule has 0 aliphatic carbocycles. The van der Waals surface area contributed by atoms with E-state index in [0.717, 1.165) is 10.8 Å². The number of ether oxygens (including phenoxy) is 2. The molecule has 0 aromatic heterocycles. The van der Waals surface area contributed by atoms with Crippen molar-refractivity contribution in [3.05, 3.63) is 83.4 Å². The fraction of sp³-hybridized carbons (Fsp3) is 0.231. The molecule has 0 radical (unpaired) electrons. The number of benzene rings is 3. The van der Waals surface area contributed by atoms with Crippen molar-refractivity contribution in [1.82, 2.24) is 4.90 Å². The molecule has 164 valence electrons. The number of carbonyl (C=O) groups is 2. The third-order valence-electron chi connectivity index (χ3n) is 5.58. The zero-order valence-corrected chi connectivity index (χ0v) is 18.1. The SMILES string of the molecule is CCOc1cccc(C2/C(=C(/O)c3ccc4ccccc4c3)C(=O)C(=O)N2CCOC)c1. The summed E-state index contributed by atoms with van der Waals surface area (Å²) in [7, 11) is 1.54. The number of aliphatic hydroxyl groups is 1. The topological polar surface area (TPSA) is 76.1 Å². The fourth-order valence-corrected chi connectivity index (χ4v) is 4.08. The van der Waals surface area contributed by atoms with Gasteiger partial charge < -0.3 is 19.5 Å². The van der Waals surface area contributed by atoms with Gasteiger partial charge in [-0.3, -0.25) is 9.59 Å². The van der Waals surface area contributed by atoms with Gasteiger partial charge in [0.25, 0.3) is 11.7 Å². The van der Waals surface area contributed by atoms with E-state index >= 15 is 0 Å². The number of hydrogen-bond donors (Lipinski definition) is 1. The van der Waals surface area contributed by atoms with Gasteiger partial charge in [-0.25, -0.2) is 0 Å². The molecule has 1 amide bonds. The van der Waals surface area contributed by atoms with Crippen LogP contribution in [-0.4, -0.2) is 48.6 Å². The Morgan fingerprint density at radius 3 is 2.53 bits per heavy atom. The van der Waals surface area contributed by atoms with E-state index in [4.69, 9.17) is 9.47 Å². The largest absolute Gasteiger partial charge is 0.507 e. The zero-order chi connectivity index (χ0) is 22.7. The van der Waals surface area contributed by atoms with E-state index in [0.29, 0.717) is 23.5 Å². The smallest absolute Gasteiger partial charge is 0.295 e. The van der Waals surface area contributed by atoms with Crippen molar-refractivity contribution >= 4 is 28.2 Å². The molecule has 6 nitrogen and oxygen atoms in total. The number of methoxy groups -OCH3 is 1. The maximum Gasteiger partial charge on any atom is 0.295 e. The van der Waals surface area contributed by atoms with Crippen LogP contribution in [0.3, 0.4) is 0 Å². The summed E-state index contributed by atoms with van der Waals surface area (Å²) in [6.45, 7) is 2.87. The number of fused-ring (bicyclic) bond motifs is 1. The van der Waals surface area contributed by atoms with Gasteiger partial charge in [0.15, 0.2) is 0 Å². The first kappa shape index (κ1) is 21.6. The van der Waals surface area contributed by atoms with Gasteiger partial charge in [-0.15, -0.1) is 0 Å². The van der Waals surface area contributed by atoms with Crippen LogP contribution in [0.1, 0.15) is 24.1 Å². The number of amides is 1. The lowest BCUT2D eigenvalue weighted by Gasteiger charge is -2.25. The van der Waals surface area contributed by atoms with E-state index in [2.05, 4.69) is 0 Å². The number of likely N-dealkylation sites (tertiary alicyclic amines) is 1. The number of hydrogen-bond acceptors (Lipinski definition) is 5. The highest BCUT2D eigenvalue weighted by molar-refractivity contribution is 6.46. The molecule has 1 atom stereocenters. The summed E-state index contributed by atoms with van der Waals surface area (Å²) in [6, 6.07) is 19.7.